The first kappa shape index (κ1) is 18.6. The van der Waals surface area contributed by atoms with E-state index in [9.17, 15) is 0 Å². The Hall–Kier alpha value is -0.410. The van der Waals surface area contributed by atoms with Gasteiger partial charge in [-0.2, -0.15) is 0 Å². The standard InChI is InChI=1S/C18H34N2S/c1-4-5-6-7-8-9-10-11-12-13-17(19-3)14-18-15-21-16(2)20-18/h15,17,19H,4-14H2,1-3H3. The van der Waals surface area contributed by atoms with Crippen LogP contribution >= 0.6 is 11.3 Å². The fraction of sp³-hybridized carbons (Fsp3) is 0.833. The summed E-state index contributed by atoms with van der Waals surface area (Å²) in [7, 11) is 2.08. The van der Waals surface area contributed by atoms with Crippen molar-refractivity contribution >= 4 is 11.3 Å². The summed E-state index contributed by atoms with van der Waals surface area (Å²) in [5.41, 5.74) is 1.26. The van der Waals surface area contributed by atoms with E-state index < -0.39 is 0 Å². The van der Waals surface area contributed by atoms with Gasteiger partial charge in [-0.05, 0) is 20.4 Å². The number of hydrogen-bond donors (Lipinski definition) is 1. The largest absolute Gasteiger partial charge is 0.317 e. The maximum Gasteiger partial charge on any atom is 0.0897 e. The van der Waals surface area contributed by atoms with Gasteiger partial charge in [0.2, 0.25) is 0 Å². The van der Waals surface area contributed by atoms with Gasteiger partial charge < -0.3 is 5.32 Å². The molecule has 1 aromatic rings. The molecule has 3 heteroatoms. The lowest BCUT2D eigenvalue weighted by Gasteiger charge is -2.14. The van der Waals surface area contributed by atoms with Gasteiger partial charge in [-0.15, -0.1) is 11.3 Å². The minimum atomic E-state index is 0.594. The number of nitrogens with one attached hydrogen (secondary N) is 1. The van der Waals surface area contributed by atoms with Gasteiger partial charge in [0.25, 0.3) is 0 Å². The highest BCUT2D eigenvalue weighted by Gasteiger charge is 2.09. The van der Waals surface area contributed by atoms with E-state index in [0.29, 0.717) is 6.04 Å². The fourth-order valence-electron chi connectivity index (χ4n) is 2.80. The highest BCUT2D eigenvalue weighted by Crippen LogP contribution is 2.14. The molecule has 0 radical (unpaired) electrons. The van der Waals surface area contributed by atoms with Crippen LogP contribution in [0.25, 0.3) is 0 Å². The van der Waals surface area contributed by atoms with Crippen molar-refractivity contribution in [2.24, 2.45) is 0 Å². The molecule has 122 valence electrons. The third-order valence-electron chi connectivity index (χ3n) is 4.19. The number of thiazole rings is 1. The van der Waals surface area contributed by atoms with Crippen LogP contribution in [0.3, 0.4) is 0 Å². The third-order valence-corrected chi connectivity index (χ3v) is 5.01. The Kier molecular flexibility index (Phi) is 10.8. The van der Waals surface area contributed by atoms with E-state index in [2.05, 4.69) is 36.6 Å². The van der Waals surface area contributed by atoms with E-state index in [0.717, 1.165) is 6.42 Å². The minimum Gasteiger partial charge on any atom is -0.317 e. The van der Waals surface area contributed by atoms with E-state index in [1.165, 1.54) is 74.9 Å². The van der Waals surface area contributed by atoms with Crippen molar-refractivity contribution < 1.29 is 0 Å². The van der Waals surface area contributed by atoms with E-state index in [-0.39, 0.29) is 0 Å². The number of rotatable bonds is 13. The van der Waals surface area contributed by atoms with Crippen LogP contribution in [-0.2, 0) is 6.42 Å². The predicted octanol–water partition coefficient (Wildman–Crippen LogP) is 5.50. The molecule has 1 aromatic heterocycles. The second-order valence-corrected chi connectivity index (χ2v) is 7.23. The average molecular weight is 311 g/mol. The van der Waals surface area contributed by atoms with Crippen LogP contribution in [-0.4, -0.2) is 18.1 Å². The zero-order valence-corrected chi connectivity index (χ0v) is 15.1. The number of aromatic nitrogens is 1. The SMILES string of the molecule is CCCCCCCCCCCC(Cc1csc(C)n1)NC. The molecule has 1 unspecified atom stereocenters. The lowest BCUT2D eigenvalue weighted by Crippen LogP contribution is -2.27. The molecule has 0 aliphatic carbocycles. The Balaban J connectivity index is 1.99. The highest BCUT2D eigenvalue weighted by molar-refractivity contribution is 7.09. The first-order valence-corrected chi connectivity index (χ1v) is 9.72. The molecular formula is C18H34N2S. The molecule has 0 saturated heterocycles. The Morgan fingerprint density at radius 2 is 1.67 bits per heavy atom. The molecule has 0 amide bonds. The number of nitrogens with zero attached hydrogens (tertiary/aromatic N) is 1. The van der Waals surface area contributed by atoms with E-state index in [1.807, 2.05) is 0 Å². The molecule has 0 aliphatic heterocycles. The Labute approximate surface area is 135 Å². The third kappa shape index (κ3) is 9.26. The molecule has 0 fully saturated rings. The van der Waals surface area contributed by atoms with Gasteiger partial charge in [-0.3, -0.25) is 0 Å². The van der Waals surface area contributed by atoms with Gasteiger partial charge in [0.1, 0.15) is 0 Å². The molecular weight excluding hydrogens is 276 g/mol. The summed E-state index contributed by atoms with van der Waals surface area (Å²) in [6, 6.07) is 0.594. The zero-order valence-electron chi connectivity index (χ0n) is 14.3. The molecule has 1 rings (SSSR count). The monoisotopic (exact) mass is 310 g/mol. The van der Waals surface area contributed by atoms with E-state index >= 15 is 0 Å². The first-order valence-electron chi connectivity index (χ1n) is 8.84. The molecule has 0 aliphatic rings. The topological polar surface area (TPSA) is 24.9 Å². The summed E-state index contributed by atoms with van der Waals surface area (Å²) in [5.74, 6) is 0. The molecule has 1 N–H and O–H groups in total. The quantitative estimate of drug-likeness (QED) is 0.486. The highest BCUT2D eigenvalue weighted by atomic mass is 32.1. The molecule has 0 spiro atoms. The number of unbranched alkanes of at least 4 members (excludes halogenated alkanes) is 8. The average Bonchev–Trinajstić information content (AvgIpc) is 2.89. The van der Waals surface area contributed by atoms with Crippen molar-refractivity contribution in [1.29, 1.82) is 0 Å². The van der Waals surface area contributed by atoms with Gasteiger partial charge in [0, 0.05) is 17.8 Å². The second kappa shape index (κ2) is 12.2. The Morgan fingerprint density at radius 1 is 1.05 bits per heavy atom. The van der Waals surface area contributed by atoms with Crippen molar-refractivity contribution in [2.45, 2.75) is 90.5 Å². The molecule has 1 heterocycles. The second-order valence-electron chi connectivity index (χ2n) is 6.16. The molecule has 0 bridgehead atoms. The summed E-state index contributed by atoms with van der Waals surface area (Å²) >= 11 is 1.76. The van der Waals surface area contributed by atoms with Gasteiger partial charge in [0.15, 0.2) is 0 Å². The molecule has 21 heavy (non-hydrogen) atoms. The normalized spacial score (nSPS) is 12.7. The maximum atomic E-state index is 4.57. The summed E-state index contributed by atoms with van der Waals surface area (Å²) in [6.07, 6.45) is 15.0. The summed E-state index contributed by atoms with van der Waals surface area (Å²) < 4.78 is 0. The van der Waals surface area contributed by atoms with Gasteiger partial charge in [0.05, 0.1) is 10.7 Å². The summed E-state index contributed by atoms with van der Waals surface area (Å²) in [6.45, 7) is 4.37. The molecule has 1 atom stereocenters. The predicted molar refractivity (Wildman–Crippen MR) is 95.2 cm³/mol. The van der Waals surface area contributed by atoms with Crippen molar-refractivity contribution in [1.82, 2.24) is 10.3 Å². The van der Waals surface area contributed by atoms with Gasteiger partial charge in [-0.25, -0.2) is 4.98 Å². The van der Waals surface area contributed by atoms with Crippen molar-refractivity contribution in [3.05, 3.63) is 16.1 Å². The van der Waals surface area contributed by atoms with Crippen LogP contribution in [0.2, 0.25) is 0 Å². The van der Waals surface area contributed by atoms with Crippen molar-refractivity contribution in [2.75, 3.05) is 7.05 Å². The van der Waals surface area contributed by atoms with Crippen LogP contribution in [0.5, 0.6) is 0 Å². The van der Waals surface area contributed by atoms with Crippen LogP contribution in [0, 0.1) is 6.92 Å². The molecule has 2 nitrogen and oxygen atoms in total. The fourth-order valence-corrected chi connectivity index (χ4v) is 3.43. The van der Waals surface area contributed by atoms with E-state index in [4.69, 9.17) is 0 Å². The maximum absolute atomic E-state index is 4.57. The van der Waals surface area contributed by atoms with Crippen LogP contribution < -0.4 is 5.32 Å². The van der Waals surface area contributed by atoms with Crippen LogP contribution in [0.4, 0.5) is 0 Å². The number of hydrogen-bond acceptors (Lipinski definition) is 3. The summed E-state index contributed by atoms with van der Waals surface area (Å²) in [4.78, 5) is 4.57. The lowest BCUT2D eigenvalue weighted by atomic mass is 10.0. The molecule has 0 saturated carbocycles. The zero-order chi connectivity index (χ0) is 15.3. The van der Waals surface area contributed by atoms with Crippen molar-refractivity contribution in [3.8, 4) is 0 Å². The number of likely N-dealkylation sites (N-methyl/N-ethyl adjacent to an activating group) is 1. The molecule has 0 aromatic carbocycles. The number of aryl methyl sites for hydroxylation is 1. The van der Waals surface area contributed by atoms with Crippen LogP contribution in [0.15, 0.2) is 5.38 Å². The minimum absolute atomic E-state index is 0.594. The van der Waals surface area contributed by atoms with E-state index in [1.54, 1.807) is 11.3 Å². The smallest absolute Gasteiger partial charge is 0.0897 e. The summed E-state index contributed by atoms with van der Waals surface area (Å²) in [5, 5.41) is 6.84. The Bertz CT molecular complexity index is 349. The first-order chi connectivity index (χ1) is 10.3. The lowest BCUT2D eigenvalue weighted by molar-refractivity contribution is 0.474. The van der Waals surface area contributed by atoms with Crippen molar-refractivity contribution in [3.63, 3.8) is 0 Å². The van der Waals surface area contributed by atoms with Crippen LogP contribution in [0.1, 0.15) is 81.8 Å². The van der Waals surface area contributed by atoms with Gasteiger partial charge in [-0.1, -0.05) is 64.7 Å². The van der Waals surface area contributed by atoms with Gasteiger partial charge >= 0.3 is 0 Å². The Morgan fingerprint density at radius 3 is 2.19 bits per heavy atom.